The molecular formula is C23H24N4O4. The Hall–Kier alpha value is -3.68. The summed E-state index contributed by atoms with van der Waals surface area (Å²) in [4.78, 5) is 51.4. The number of hydrogen-bond acceptors (Lipinski definition) is 4. The van der Waals surface area contributed by atoms with Crippen LogP contribution in [0.1, 0.15) is 29.6 Å². The minimum atomic E-state index is -0.349. The molecule has 0 spiro atoms. The van der Waals surface area contributed by atoms with Crippen molar-refractivity contribution in [1.29, 1.82) is 0 Å². The molecule has 8 nitrogen and oxygen atoms in total. The predicted molar refractivity (Wildman–Crippen MR) is 117 cm³/mol. The van der Waals surface area contributed by atoms with E-state index in [1.807, 2.05) is 18.2 Å². The molecule has 2 aromatic carbocycles. The first-order chi connectivity index (χ1) is 15.0. The van der Waals surface area contributed by atoms with Crippen LogP contribution in [0.4, 0.5) is 0 Å². The van der Waals surface area contributed by atoms with Gasteiger partial charge in [0.05, 0.1) is 17.3 Å². The molecule has 8 heteroatoms. The second-order valence-corrected chi connectivity index (χ2v) is 7.69. The summed E-state index contributed by atoms with van der Waals surface area (Å²) in [6.07, 6.45) is 1.48. The zero-order valence-corrected chi connectivity index (χ0v) is 17.0. The highest BCUT2D eigenvalue weighted by Crippen LogP contribution is 2.13. The van der Waals surface area contributed by atoms with Gasteiger partial charge in [-0.15, -0.1) is 0 Å². The maximum Gasteiger partial charge on any atom is 0.273 e. The SMILES string of the molecule is O=C(NC1CCN(C(=O)CCn2[nH]c(=O)c3ccccc3c2=O)CC1)c1ccccc1. The van der Waals surface area contributed by atoms with Gasteiger partial charge in [0.1, 0.15) is 0 Å². The van der Waals surface area contributed by atoms with Gasteiger partial charge in [-0.25, -0.2) is 4.68 Å². The number of fused-ring (bicyclic) bond motifs is 1. The van der Waals surface area contributed by atoms with Gasteiger partial charge in [-0.2, -0.15) is 0 Å². The summed E-state index contributed by atoms with van der Waals surface area (Å²) in [6.45, 7) is 1.20. The summed E-state index contributed by atoms with van der Waals surface area (Å²) in [6, 6.07) is 15.7. The minimum absolute atomic E-state index is 0.0243. The fourth-order valence-electron chi connectivity index (χ4n) is 3.90. The Morgan fingerprint density at radius 2 is 1.58 bits per heavy atom. The van der Waals surface area contributed by atoms with Crippen LogP contribution in [0.2, 0.25) is 0 Å². The molecular weight excluding hydrogens is 396 g/mol. The highest BCUT2D eigenvalue weighted by atomic mass is 16.2. The lowest BCUT2D eigenvalue weighted by Gasteiger charge is -2.32. The van der Waals surface area contributed by atoms with Gasteiger partial charge in [-0.1, -0.05) is 30.3 Å². The van der Waals surface area contributed by atoms with Crippen LogP contribution in [0.5, 0.6) is 0 Å². The monoisotopic (exact) mass is 420 g/mol. The van der Waals surface area contributed by atoms with Crippen molar-refractivity contribution in [3.63, 3.8) is 0 Å². The largest absolute Gasteiger partial charge is 0.349 e. The maximum atomic E-state index is 12.6. The number of aryl methyl sites for hydroxylation is 1. The van der Waals surface area contributed by atoms with Crippen LogP contribution in [0, 0.1) is 0 Å². The smallest absolute Gasteiger partial charge is 0.273 e. The van der Waals surface area contributed by atoms with Crippen molar-refractivity contribution in [2.75, 3.05) is 13.1 Å². The van der Waals surface area contributed by atoms with Crippen LogP contribution < -0.4 is 16.4 Å². The Balaban J connectivity index is 1.31. The first-order valence-electron chi connectivity index (χ1n) is 10.4. The van der Waals surface area contributed by atoms with Gasteiger partial charge >= 0.3 is 0 Å². The van der Waals surface area contributed by atoms with Gasteiger partial charge in [-0.05, 0) is 37.1 Å². The Labute approximate surface area is 178 Å². The van der Waals surface area contributed by atoms with E-state index < -0.39 is 0 Å². The van der Waals surface area contributed by atoms with E-state index in [2.05, 4.69) is 10.4 Å². The average molecular weight is 420 g/mol. The van der Waals surface area contributed by atoms with E-state index >= 15 is 0 Å². The molecule has 0 radical (unpaired) electrons. The first kappa shape index (κ1) is 20.6. The number of aromatic nitrogens is 2. The third-order valence-electron chi connectivity index (χ3n) is 5.65. The fraction of sp³-hybridized carbons (Fsp3) is 0.304. The number of nitrogens with one attached hydrogen (secondary N) is 2. The molecule has 0 aliphatic carbocycles. The van der Waals surface area contributed by atoms with Crippen LogP contribution >= 0.6 is 0 Å². The molecule has 1 aromatic heterocycles. The summed E-state index contributed by atoms with van der Waals surface area (Å²) in [7, 11) is 0. The lowest BCUT2D eigenvalue weighted by Crippen LogP contribution is -2.46. The Bertz CT molecular complexity index is 1210. The average Bonchev–Trinajstić information content (AvgIpc) is 2.81. The van der Waals surface area contributed by atoms with E-state index in [4.69, 9.17) is 0 Å². The van der Waals surface area contributed by atoms with Gasteiger partial charge in [0.15, 0.2) is 0 Å². The maximum absolute atomic E-state index is 12.6. The van der Waals surface area contributed by atoms with Gasteiger partial charge in [0, 0.05) is 31.1 Å². The van der Waals surface area contributed by atoms with Crippen molar-refractivity contribution in [3.05, 3.63) is 80.9 Å². The molecule has 2 amide bonds. The summed E-state index contributed by atoms with van der Waals surface area (Å²) >= 11 is 0. The third-order valence-corrected chi connectivity index (χ3v) is 5.65. The van der Waals surface area contributed by atoms with Gasteiger partial charge < -0.3 is 10.2 Å². The van der Waals surface area contributed by atoms with Crippen LogP contribution in [-0.2, 0) is 11.3 Å². The van der Waals surface area contributed by atoms with E-state index in [9.17, 15) is 19.2 Å². The molecule has 0 saturated carbocycles. The normalized spacial score (nSPS) is 14.5. The highest BCUT2D eigenvalue weighted by Gasteiger charge is 2.24. The third kappa shape index (κ3) is 4.58. The molecule has 4 rings (SSSR count). The highest BCUT2D eigenvalue weighted by molar-refractivity contribution is 5.94. The molecule has 0 unspecified atom stereocenters. The van der Waals surface area contributed by atoms with Gasteiger partial charge in [0.2, 0.25) is 5.91 Å². The van der Waals surface area contributed by atoms with Crippen LogP contribution in [-0.4, -0.2) is 45.6 Å². The Morgan fingerprint density at radius 1 is 0.935 bits per heavy atom. The Kier molecular flexibility index (Phi) is 5.97. The molecule has 0 bridgehead atoms. The molecule has 31 heavy (non-hydrogen) atoms. The summed E-state index contributed by atoms with van der Waals surface area (Å²) in [5.41, 5.74) is -0.0428. The van der Waals surface area contributed by atoms with E-state index in [1.54, 1.807) is 41.3 Å². The number of benzene rings is 2. The number of amides is 2. The number of carbonyl (C=O) groups excluding carboxylic acids is 2. The van der Waals surface area contributed by atoms with Crippen LogP contribution in [0.3, 0.4) is 0 Å². The topological polar surface area (TPSA) is 104 Å². The molecule has 1 fully saturated rings. The number of nitrogens with zero attached hydrogens (tertiary/aromatic N) is 2. The van der Waals surface area contributed by atoms with Crippen molar-refractivity contribution in [1.82, 2.24) is 20.0 Å². The number of rotatable bonds is 5. The second-order valence-electron chi connectivity index (χ2n) is 7.69. The zero-order valence-electron chi connectivity index (χ0n) is 17.0. The van der Waals surface area contributed by atoms with E-state index in [0.29, 0.717) is 42.3 Å². The lowest BCUT2D eigenvalue weighted by atomic mass is 10.0. The summed E-state index contributed by atoms with van der Waals surface area (Å²) in [5.74, 6) is -0.182. The molecule has 1 saturated heterocycles. The fourth-order valence-corrected chi connectivity index (χ4v) is 3.90. The molecule has 160 valence electrons. The number of carbonyl (C=O) groups is 2. The number of hydrogen-bond donors (Lipinski definition) is 2. The number of likely N-dealkylation sites (tertiary alicyclic amines) is 1. The van der Waals surface area contributed by atoms with E-state index in [1.165, 1.54) is 4.68 Å². The van der Waals surface area contributed by atoms with Crippen molar-refractivity contribution >= 4 is 22.6 Å². The van der Waals surface area contributed by atoms with Gasteiger partial charge in [0.25, 0.3) is 17.0 Å². The molecule has 1 aliphatic heterocycles. The van der Waals surface area contributed by atoms with Crippen molar-refractivity contribution in [2.45, 2.75) is 31.8 Å². The molecule has 3 aromatic rings. The number of piperidine rings is 1. The van der Waals surface area contributed by atoms with E-state index in [-0.39, 0.29) is 41.9 Å². The first-order valence-corrected chi connectivity index (χ1v) is 10.4. The Morgan fingerprint density at radius 3 is 2.29 bits per heavy atom. The molecule has 1 aliphatic rings. The zero-order chi connectivity index (χ0) is 21.8. The molecule has 0 atom stereocenters. The number of H-pyrrole nitrogens is 1. The summed E-state index contributed by atoms with van der Waals surface area (Å²) < 4.78 is 1.20. The second kappa shape index (κ2) is 8.99. The van der Waals surface area contributed by atoms with Crippen LogP contribution in [0.25, 0.3) is 10.8 Å². The lowest BCUT2D eigenvalue weighted by molar-refractivity contribution is -0.132. The van der Waals surface area contributed by atoms with E-state index in [0.717, 1.165) is 0 Å². The van der Waals surface area contributed by atoms with Crippen molar-refractivity contribution in [3.8, 4) is 0 Å². The standard InChI is InChI=1S/C23H24N4O4/c28-20(12-15-27-23(31)19-9-5-4-8-18(19)22(30)25-27)26-13-10-17(11-14-26)24-21(29)16-6-2-1-3-7-16/h1-9,17H,10-15H2,(H,24,29)(H,25,30). The predicted octanol–water partition coefficient (Wildman–Crippen LogP) is 1.50. The van der Waals surface area contributed by atoms with Crippen molar-refractivity contribution < 1.29 is 9.59 Å². The van der Waals surface area contributed by atoms with Crippen molar-refractivity contribution in [2.24, 2.45) is 0 Å². The molecule has 2 N–H and O–H groups in total. The molecule has 2 heterocycles. The van der Waals surface area contributed by atoms with Crippen LogP contribution in [0.15, 0.2) is 64.2 Å². The van der Waals surface area contributed by atoms with Gasteiger partial charge in [-0.3, -0.25) is 24.3 Å². The summed E-state index contributed by atoms with van der Waals surface area (Å²) in [5, 5.41) is 6.26. The quantitative estimate of drug-likeness (QED) is 0.653. The number of aromatic amines is 1. The minimum Gasteiger partial charge on any atom is -0.349 e.